The van der Waals surface area contributed by atoms with Gasteiger partial charge in [0.1, 0.15) is 18.2 Å². The Hall–Kier alpha value is -2.13. The lowest BCUT2D eigenvalue weighted by atomic mass is 10.1. The summed E-state index contributed by atoms with van der Waals surface area (Å²) in [5.41, 5.74) is -0.538. The minimum atomic E-state index is -0.792. The van der Waals surface area contributed by atoms with Crippen LogP contribution in [0.25, 0.3) is 0 Å². The zero-order valence-corrected chi connectivity index (χ0v) is 8.61. The second kappa shape index (κ2) is 5.09. The average Bonchev–Trinajstić information content (AvgIpc) is 2.24. The number of hydrogen-bond donors (Lipinski definition) is 2. The van der Waals surface area contributed by atoms with Crippen LogP contribution in [0.5, 0.6) is 0 Å². The Morgan fingerprint density at radius 2 is 2.38 bits per heavy atom. The van der Waals surface area contributed by atoms with Gasteiger partial charge in [-0.3, -0.25) is 4.79 Å². The first-order valence-electron chi connectivity index (χ1n) is 4.52. The summed E-state index contributed by atoms with van der Waals surface area (Å²) in [5, 5.41) is 17.2. The maximum atomic E-state index is 11.5. The summed E-state index contributed by atoms with van der Waals surface area (Å²) in [6, 6.07) is 3.00. The van der Waals surface area contributed by atoms with Crippen LogP contribution in [0.1, 0.15) is 21.6 Å². The molecule has 6 nitrogen and oxygen atoms in total. The molecule has 0 aliphatic carbocycles. The molecule has 0 fully saturated rings. The number of carbonyl (C=O) groups is 1. The molecule has 2 N–H and O–H groups in total. The van der Waals surface area contributed by atoms with Crippen LogP contribution in [0.15, 0.2) is 10.9 Å². The van der Waals surface area contributed by atoms with Crippen molar-refractivity contribution in [3.63, 3.8) is 0 Å². The van der Waals surface area contributed by atoms with Crippen molar-refractivity contribution in [2.75, 3.05) is 13.2 Å². The normalized spacial score (nSPS) is 9.56. The fourth-order valence-corrected chi connectivity index (χ4v) is 1.18. The van der Waals surface area contributed by atoms with Gasteiger partial charge in [0.25, 0.3) is 5.56 Å². The monoisotopic (exact) mass is 222 g/mol. The fraction of sp³-hybridized carbons (Fsp3) is 0.300. The molecule has 0 amide bonds. The average molecular weight is 222 g/mol. The lowest BCUT2D eigenvalue weighted by molar-refractivity contribution is 0.0433. The predicted octanol–water partition coefficient (Wildman–Crippen LogP) is -0.296. The molecule has 0 unspecified atom stereocenters. The molecule has 1 rings (SSSR count). The van der Waals surface area contributed by atoms with E-state index >= 15 is 0 Å². The first-order valence-corrected chi connectivity index (χ1v) is 4.52. The number of aryl methyl sites for hydroxylation is 1. The van der Waals surface area contributed by atoms with Gasteiger partial charge in [-0.1, -0.05) is 0 Å². The maximum Gasteiger partial charge on any atom is 0.339 e. The number of pyridine rings is 1. The molecule has 0 radical (unpaired) electrons. The van der Waals surface area contributed by atoms with Crippen LogP contribution in [-0.4, -0.2) is 29.3 Å². The molecule has 1 heterocycles. The van der Waals surface area contributed by atoms with Gasteiger partial charge in [0, 0.05) is 5.69 Å². The van der Waals surface area contributed by atoms with Gasteiger partial charge in [-0.15, -0.1) is 0 Å². The Bertz CT molecular complexity index is 499. The molecule has 1 aromatic rings. The van der Waals surface area contributed by atoms with Crippen molar-refractivity contribution in [2.24, 2.45) is 0 Å². The Kier molecular flexibility index (Phi) is 3.80. The van der Waals surface area contributed by atoms with E-state index in [1.807, 2.05) is 0 Å². The smallest absolute Gasteiger partial charge is 0.339 e. The molecular formula is C10H10N2O4. The quantitative estimate of drug-likeness (QED) is 0.683. The van der Waals surface area contributed by atoms with Crippen molar-refractivity contribution < 1.29 is 14.6 Å². The van der Waals surface area contributed by atoms with Crippen LogP contribution >= 0.6 is 0 Å². The number of carbonyl (C=O) groups excluding carboxylic acids is 1. The summed E-state index contributed by atoms with van der Waals surface area (Å²) in [7, 11) is 0. The van der Waals surface area contributed by atoms with E-state index in [-0.39, 0.29) is 24.3 Å². The van der Waals surface area contributed by atoms with E-state index in [1.54, 1.807) is 13.0 Å². The van der Waals surface area contributed by atoms with E-state index in [9.17, 15) is 9.59 Å². The van der Waals surface area contributed by atoms with Crippen molar-refractivity contribution >= 4 is 5.97 Å². The zero-order valence-electron chi connectivity index (χ0n) is 8.61. The highest BCUT2D eigenvalue weighted by Gasteiger charge is 2.16. The minimum Gasteiger partial charge on any atom is -0.460 e. The molecule has 84 valence electrons. The summed E-state index contributed by atoms with van der Waals surface area (Å²) in [6.45, 7) is 1.11. The molecule has 0 bridgehead atoms. The number of aliphatic hydroxyl groups is 1. The number of aromatic amines is 1. The van der Waals surface area contributed by atoms with Crippen molar-refractivity contribution in [3.8, 4) is 6.07 Å². The molecule has 0 spiro atoms. The van der Waals surface area contributed by atoms with Gasteiger partial charge in [-0.2, -0.15) is 5.26 Å². The first-order chi connectivity index (χ1) is 7.60. The number of nitriles is 1. The third-order valence-electron chi connectivity index (χ3n) is 1.82. The SMILES string of the molecule is Cc1cc(C(=O)OCCO)c(C#N)c(=O)[nH]1. The van der Waals surface area contributed by atoms with E-state index < -0.39 is 11.5 Å². The number of ether oxygens (including phenoxy) is 1. The largest absolute Gasteiger partial charge is 0.460 e. The molecule has 0 saturated carbocycles. The molecule has 0 aromatic carbocycles. The minimum absolute atomic E-state index is 0.0859. The molecule has 0 aliphatic rings. The van der Waals surface area contributed by atoms with Crippen LogP contribution in [-0.2, 0) is 4.74 Å². The van der Waals surface area contributed by atoms with Crippen LogP contribution in [0.3, 0.4) is 0 Å². The summed E-state index contributed by atoms with van der Waals surface area (Å²) in [5.74, 6) is -0.792. The Balaban J connectivity index is 3.17. The van der Waals surface area contributed by atoms with Crippen molar-refractivity contribution in [2.45, 2.75) is 6.92 Å². The molecular weight excluding hydrogens is 212 g/mol. The highest BCUT2D eigenvalue weighted by molar-refractivity contribution is 5.92. The van der Waals surface area contributed by atoms with Crippen LogP contribution in [0.2, 0.25) is 0 Å². The third-order valence-corrected chi connectivity index (χ3v) is 1.82. The predicted molar refractivity (Wildman–Crippen MR) is 53.9 cm³/mol. The second-order valence-electron chi connectivity index (χ2n) is 3.04. The van der Waals surface area contributed by atoms with Gasteiger partial charge in [0.15, 0.2) is 0 Å². The zero-order chi connectivity index (χ0) is 12.1. The third kappa shape index (κ3) is 2.46. The number of nitrogens with zero attached hydrogens (tertiary/aromatic N) is 1. The van der Waals surface area contributed by atoms with E-state index in [1.165, 1.54) is 6.07 Å². The summed E-state index contributed by atoms with van der Waals surface area (Å²) < 4.78 is 4.64. The van der Waals surface area contributed by atoms with Gasteiger partial charge in [0.2, 0.25) is 0 Å². The van der Waals surface area contributed by atoms with E-state index in [4.69, 9.17) is 10.4 Å². The van der Waals surface area contributed by atoms with Crippen LogP contribution in [0.4, 0.5) is 0 Å². The number of esters is 1. The molecule has 0 saturated heterocycles. The standard InChI is InChI=1S/C10H10N2O4/c1-6-4-7(10(15)16-3-2-13)8(5-11)9(14)12-6/h4,13H,2-3H2,1H3,(H,12,14). The highest BCUT2D eigenvalue weighted by Crippen LogP contribution is 2.06. The number of aliphatic hydroxyl groups excluding tert-OH is 1. The van der Waals surface area contributed by atoms with Crippen molar-refractivity contribution in [1.29, 1.82) is 5.26 Å². The van der Waals surface area contributed by atoms with E-state index in [0.29, 0.717) is 5.69 Å². The second-order valence-corrected chi connectivity index (χ2v) is 3.04. The van der Waals surface area contributed by atoms with Gasteiger partial charge < -0.3 is 14.8 Å². The van der Waals surface area contributed by atoms with Gasteiger partial charge in [-0.25, -0.2) is 4.79 Å². The first kappa shape index (κ1) is 11.9. The Morgan fingerprint density at radius 3 is 2.94 bits per heavy atom. The van der Waals surface area contributed by atoms with E-state index in [0.717, 1.165) is 0 Å². The van der Waals surface area contributed by atoms with Crippen LogP contribution in [0, 0.1) is 18.3 Å². The maximum absolute atomic E-state index is 11.5. The van der Waals surface area contributed by atoms with Gasteiger partial charge in [-0.05, 0) is 13.0 Å². The summed E-state index contributed by atoms with van der Waals surface area (Å²) in [6.07, 6.45) is 0. The fourth-order valence-electron chi connectivity index (χ4n) is 1.18. The molecule has 16 heavy (non-hydrogen) atoms. The lowest BCUT2D eigenvalue weighted by Gasteiger charge is -2.04. The Labute approximate surface area is 91.1 Å². The number of hydrogen-bond acceptors (Lipinski definition) is 5. The molecule has 0 atom stereocenters. The number of nitrogens with one attached hydrogen (secondary N) is 1. The lowest BCUT2D eigenvalue weighted by Crippen LogP contribution is -2.19. The summed E-state index contributed by atoms with van der Waals surface area (Å²) in [4.78, 5) is 25.2. The van der Waals surface area contributed by atoms with Gasteiger partial charge >= 0.3 is 5.97 Å². The number of aromatic nitrogens is 1. The van der Waals surface area contributed by atoms with Gasteiger partial charge in [0.05, 0.1) is 12.2 Å². The van der Waals surface area contributed by atoms with Crippen molar-refractivity contribution in [3.05, 3.63) is 33.2 Å². The van der Waals surface area contributed by atoms with Crippen molar-refractivity contribution in [1.82, 2.24) is 4.98 Å². The van der Waals surface area contributed by atoms with Crippen LogP contribution < -0.4 is 5.56 Å². The molecule has 0 aliphatic heterocycles. The molecule has 1 aromatic heterocycles. The number of H-pyrrole nitrogens is 1. The number of rotatable bonds is 3. The highest BCUT2D eigenvalue weighted by atomic mass is 16.5. The topological polar surface area (TPSA) is 103 Å². The summed E-state index contributed by atoms with van der Waals surface area (Å²) >= 11 is 0. The van der Waals surface area contributed by atoms with E-state index in [2.05, 4.69) is 9.72 Å². The Morgan fingerprint density at radius 1 is 1.69 bits per heavy atom. The molecule has 6 heteroatoms.